The summed E-state index contributed by atoms with van der Waals surface area (Å²) in [5.74, 6) is 0.315. The molecule has 0 heterocycles. The molecule has 2 N–H and O–H groups in total. The summed E-state index contributed by atoms with van der Waals surface area (Å²) >= 11 is 1.50. The maximum atomic E-state index is 12.8. The molecule has 1 rings (SSSR count). The predicted molar refractivity (Wildman–Crippen MR) is 68.6 cm³/mol. The van der Waals surface area contributed by atoms with E-state index in [1.807, 2.05) is 13.8 Å². The number of ether oxygens (including phenoxy) is 2. The third kappa shape index (κ3) is 4.93. The smallest absolute Gasteiger partial charge is 0.166 e. The molecule has 0 aliphatic heterocycles. The van der Waals surface area contributed by atoms with E-state index in [-0.39, 0.29) is 12.1 Å². The van der Waals surface area contributed by atoms with Gasteiger partial charge >= 0.3 is 0 Å². The van der Waals surface area contributed by atoms with Gasteiger partial charge in [0, 0.05) is 29.5 Å². The Balaban J connectivity index is 2.52. The molecule has 3 nitrogen and oxygen atoms in total. The van der Waals surface area contributed by atoms with Gasteiger partial charge in [0.25, 0.3) is 0 Å². The van der Waals surface area contributed by atoms with Crippen molar-refractivity contribution in [2.45, 2.75) is 25.0 Å². The second-order valence-electron chi connectivity index (χ2n) is 3.33. The first kappa shape index (κ1) is 14.3. The van der Waals surface area contributed by atoms with Crippen molar-refractivity contribution in [2.24, 2.45) is 0 Å². The minimum absolute atomic E-state index is 0.251. The molecule has 17 heavy (non-hydrogen) atoms. The van der Waals surface area contributed by atoms with E-state index < -0.39 is 0 Å². The van der Waals surface area contributed by atoms with Crippen LogP contribution in [0.1, 0.15) is 13.8 Å². The monoisotopic (exact) mass is 259 g/mol. The van der Waals surface area contributed by atoms with Crippen molar-refractivity contribution in [3.05, 3.63) is 24.0 Å². The molecule has 0 spiro atoms. The average molecular weight is 259 g/mol. The third-order valence-corrected chi connectivity index (χ3v) is 3.17. The van der Waals surface area contributed by atoms with Crippen molar-refractivity contribution in [1.29, 1.82) is 0 Å². The largest absolute Gasteiger partial charge is 0.398 e. The molecule has 96 valence electrons. The molecule has 0 unspecified atom stereocenters. The van der Waals surface area contributed by atoms with Crippen molar-refractivity contribution >= 4 is 17.4 Å². The zero-order chi connectivity index (χ0) is 12.7. The van der Waals surface area contributed by atoms with E-state index >= 15 is 0 Å². The Morgan fingerprint density at radius 3 is 2.47 bits per heavy atom. The average Bonchev–Trinajstić information content (AvgIpc) is 2.28. The lowest BCUT2D eigenvalue weighted by atomic mass is 10.3. The summed E-state index contributed by atoms with van der Waals surface area (Å²) in [6.07, 6.45) is -0.251. The van der Waals surface area contributed by atoms with Gasteiger partial charge in [-0.3, -0.25) is 0 Å². The molecule has 0 amide bonds. The normalized spacial score (nSPS) is 11.1. The van der Waals surface area contributed by atoms with Gasteiger partial charge < -0.3 is 15.2 Å². The highest BCUT2D eigenvalue weighted by Gasteiger charge is 2.10. The van der Waals surface area contributed by atoms with Gasteiger partial charge in [-0.15, -0.1) is 11.8 Å². The quantitative estimate of drug-likeness (QED) is 0.464. The van der Waals surface area contributed by atoms with Gasteiger partial charge in [0.1, 0.15) is 5.82 Å². The molecule has 0 aliphatic rings. The van der Waals surface area contributed by atoms with E-state index in [0.29, 0.717) is 24.7 Å². The Morgan fingerprint density at radius 1 is 1.29 bits per heavy atom. The summed E-state index contributed by atoms with van der Waals surface area (Å²) in [4.78, 5) is 0.843. The van der Waals surface area contributed by atoms with Crippen LogP contribution in [0.5, 0.6) is 0 Å². The van der Waals surface area contributed by atoms with Crippen molar-refractivity contribution in [3.8, 4) is 0 Å². The number of benzene rings is 1. The number of halogens is 1. The lowest BCUT2D eigenvalue weighted by Gasteiger charge is -2.16. The fraction of sp³-hybridized carbons (Fsp3) is 0.500. The molecular formula is C12H18FNO2S. The van der Waals surface area contributed by atoms with E-state index in [1.54, 1.807) is 6.07 Å². The van der Waals surface area contributed by atoms with Gasteiger partial charge in [0.05, 0.1) is 0 Å². The Bertz CT molecular complexity index is 343. The standard InChI is InChI=1S/C12H18FNO2S/c1-3-15-12(16-4-2)8-17-11-6-5-9(13)7-10(11)14/h5-7,12H,3-4,8,14H2,1-2H3. The maximum Gasteiger partial charge on any atom is 0.166 e. The van der Waals surface area contributed by atoms with Gasteiger partial charge in [0.15, 0.2) is 6.29 Å². The van der Waals surface area contributed by atoms with Crippen LogP contribution in [0.15, 0.2) is 23.1 Å². The second-order valence-corrected chi connectivity index (χ2v) is 4.40. The molecule has 0 saturated heterocycles. The fourth-order valence-corrected chi connectivity index (χ4v) is 2.22. The van der Waals surface area contributed by atoms with E-state index in [2.05, 4.69) is 0 Å². The minimum atomic E-state index is -0.321. The summed E-state index contributed by atoms with van der Waals surface area (Å²) in [5.41, 5.74) is 6.16. The van der Waals surface area contributed by atoms with Gasteiger partial charge in [-0.1, -0.05) is 0 Å². The zero-order valence-electron chi connectivity index (χ0n) is 10.1. The van der Waals surface area contributed by atoms with Gasteiger partial charge in [-0.25, -0.2) is 4.39 Å². The molecule has 0 aliphatic carbocycles. The molecule has 0 radical (unpaired) electrons. The molecule has 0 saturated carbocycles. The zero-order valence-corrected chi connectivity index (χ0v) is 10.9. The second kappa shape index (κ2) is 7.53. The van der Waals surface area contributed by atoms with Crippen molar-refractivity contribution < 1.29 is 13.9 Å². The van der Waals surface area contributed by atoms with Crippen LogP contribution < -0.4 is 5.73 Å². The van der Waals surface area contributed by atoms with Crippen LogP contribution in [-0.2, 0) is 9.47 Å². The van der Waals surface area contributed by atoms with Gasteiger partial charge in [-0.2, -0.15) is 0 Å². The van der Waals surface area contributed by atoms with Crippen LogP contribution in [0.2, 0.25) is 0 Å². The van der Waals surface area contributed by atoms with E-state index in [0.717, 1.165) is 4.90 Å². The fourth-order valence-electron chi connectivity index (χ4n) is 1.32. The van der Waals surface area contributed by atoms with Crippen LogP contribution in [0.4, 0.5) is 10.1 Å². The van der Waals surface area contributed by atoms with Gasteiger partial charge in [0.2, 0.25) is 0 Å². The summed E-state index contributed by atoms with van der Waals surface area (Å²) in [7, 11) is 0. The number of rotatable bonds is 7. The molecule has 1 aromatic rings. The molecule has 0 aromatic heterocycles. The number of hydrogen-bond acceptors (Lipinski definition) is 4. The molecule has 1 aromatic carbocycles. The Labute approximate surface area is 105 Å². The minimum Gasteiger partial charge on any atom is -0.398 e. The summed E-state index contributed by atoms with van der Waals surface area (Å²) in [5, 5.41) is 0. The van der Waals surface area contributed by atoms with E-state index in [9.17, 15) is 4.39 Å². The van der Waals surface area contributed by atoms with E-state index in [1.165, 1.54) is 23.9 Å². The maximum absolute atomic E-state index is 12.8. The first-order chi connectivity index (χ1) is 8.17. The number of nitrogens with two attached hydrogens (primary N) is 1. The summed E-state index contributed by atoms with van der Waals surface area (Å²) in [6, 6.07) is 4.39. The number of thioether (sulfide) groups is 1. The summed E-state index contributed by atoms with van der Waals surface area (Å²) in [6.45, 7) is 5.04. The van der Waals surface area contributed by atoms with Crippen LogP contribution in [0.25, 0.3) is 0 Å². The lowest BCUT2D eigenvalue weighted by molar-refractivity contribution is -0.120. The molecule has 0 bridgehead atoms. The highest BCUT2D eigenvalue weighted by atomic mass is 32.2. The first-order valence-electron chi connectivity index (χ1n) is 5.58. The molecule has 0 fully saturated rings. The predicted octanol–water partition coefficient (Wildman–Crippen LogP) is 2.90. The van der Waals surface area contributed by atoms with Gasteiger partial charge in [-0.05, 0) is 32.0 Å². The van der Waals surface area contributed by atoms with Crippen LogP contribution >= 0.6 is 11.8 Å². The van der Waals surface area contributed by atoms with Crippen LogP contribution in [-0.4, -0.2) is 25.3 Å². The SMILES string of the molecule is CCOC(CSc1ccc(F)cc1N)OCC. The summed E-state index contributed by atoms with van der Waals surface area (Å²) < 4.78 is 23.7. The van der Waals surface area contributed by atoms with Crippen molar-refractivity contribution in [3.63, 3.8) is 0 Å². The molecule has 0 atom stereocenters. The highest BCUT2D eigenvalue weighted by Crippen LogP contribution is 2.26. The highest BCUT2D eigenvalue weighted by molar-refractivity contribution is 7.99. The Hall–Kier alpha value is -0.780. The first-order valence-corrected chi connectivity index (χ1v) is 6.57. The number of nitrogen functional groups attached to an aromatic ring is 1. The molecular weight excluding hydrogens is 241 g/mol. The van der Waals surface area contributed by atoms with Crippen molar-refractivity contribution in [1.82, 2.24) is 0 Å². The van der Waals surface area contributed by atoms with E-state index in [4.69, 9.17) is 15.2 Å². The number of anilines is 1. The lowest BCUT2D eigenvalue weighted by Crippen LogP contribution is -2.20. The van der Waals surface area contributed by atoms with Crippen LogP contribution in [0, 0.1) is 5.82 Å². The topological polar surface area (TPSA) is 44.5 Å². The Kier molecular flexibility index (Phi) is 6.32. The Morgan fingerprint density at radius 2 is 1.94 bits per heavy atom. The molecule has 5 heteroatoms. The van der Waals surface area contributed by atoms with Crippen LogP contribution in [0.3, 0.4) is 0 Å². The van der Waals surface area contributed by atoms with Crippen molar-refractivity contribution in [2.75, 3.05) is 24.7 Å². The third-order valence-electron chi connectivity index (χ3n) is 2.05. The number of hydrogen-bond donors (Lipinski definition) is 1.